The van der Waals surface area contributed by atoms with E-state index in [-0.39, 0.29) is 0 Å². The summed E-state index contributed by atoms with van der Waals surface area (Å²) in [7, 11) is 0. The standard InChI is InChI=1S/C13H28N2O/c1-4-10-16-11-9-15-8-7-14-13(5-2,6-3)12-15/h14H,4-12H2,1-3H3. The summed E-state index contributed by atoms with van der Waals surface area (Å²) in [5, 5.41) is 3.68. The van der Waals surface area contributed by atoms with Crippen molar-refractivity contribution in [3.05, 3.63) is 0 Å². The lowest BCUT2D eigenvalue weighted by Gasteiger charge is -2.43. The molecule has 0 aliphatic carbocycles. The molecule has 1 aliphatic heterocycles. The van der Waals surface area contributed by atoms with E-state index in [9.17, 15) is 0 Å². The van der Waals surface area contributed by atoms with Gasteiger partial charge in [-0.15, -0.1) is 0 Å². The number of ether oxygens (including phenoxy) is 1. The van der Waals surface area contributed by atoms with Gasteiger partial charge < -0.3 is 10.1 Å². The number of nitrogens with zero attached hydrogens (tertiary/aromatic N) is 1. The van der Waals surface area contributed by atoms with Crippen molar-refractivity contribution in [1.29, 1.82) is 0 Å². The van der Waals surface area contributed by atoms with Crippen LogP contribution in [0.2, 0.25) is 0 Å². The topological polar surface area (TPSA) is 24.5 Å². The average molecular weight is 228 g/mol. The number of hydrogen-bond acceptors (Lipinski definition) is 3. The third kappa shape index (κ3) is 4.04. The van der Waals surface area contributed by atoms with Crippen LogP contribution < -0.4 is 5.32 Å². The molecule has 1 saturated heterocycles. The minimum atomic E-state index is 0.350. The summed E-state index contributed by atoms with van der Waals surface area (Å²) in [6, 6.07) is 0. The first kappa shape index (κ1) is 13.9. The van der Waals surface area contributed by atoms with E-state index in [0.717, 1.165) is 39.3 Å². The predicted molar refractivity (Wildman–Crippen MR) is 68.9 cm³/mol. The summed E-state index contributed by atoms with van der Waals surface area (Å²) in [6.45, 7) is 13.1. The molecule has 1 N–H and O–H groups in total. The summed E-state index contributed by atoms with van der Waals surface area (Å²) < 4.78 is 5.56. The first-order valence-electron chi connectivity index (χ1n) is 6.81. The van der Waals surface area contributed by atoms with E-state index in [0.29, 0.717) is 5.54 Å². The largest absolute Gasteiger partial charge is 0.380 e. The van der Waals surface area contributed by atoms with Crippen molar-refractivity contribution in [2.24, 2.45) is 0 Å². The van der Waals surface area contributed by atoms with Crippen LogP contribution in [0.15, 0.2) is 0 Å². The lowest BCUT2D eigenvalue weighted by molar-refractivity contribution is 0.0698. The molecule has 1 heterocycles. The zero-order valence-electron chi connectivity index (χ0n) is 11.2. The Balaban J connectivity index is 2.27. The number of rotatable bonds is 7. The molecule has 0 aromatic rings. The minimum absolute atomic E-state index is 0.350. The lowest BCUT2D eigenvalue weighted by atomic mass is 9.90. The Labute approximate surface area is 101 Å². The molecule has 0 aromatic heterocycles. The third-order valence-electron chi connectivity index (χ3n) is 3.71. The Morgan fingerprint density at radius 3 is 2.56 bits per heavy atom. The molecule has 3 nitrogen and oxygen atoms in total. The van der Waals surface area contributed by atoms with Gasteiger partial charge in [0.1, 0.15) is 0 Å². The first-order valence-corrected chi connectivity index (χ1v) is 6.81. The Hall–Kier alpha value is -0.120. The van der Waals surface area contributed by atoms with Crippen LogP contribution in [-0.2, 0) is 4.74 Å². The lowest BCUT2D eigenvalue weighted by Crippen LogP contribution is -2.60. The molecule has 0 saturated carbocycles. The third-order valence-corrected chi connectivity index (χ3v) is 3.71. The molecule has 0 aromatic carbocycles. The summed E-state index contributed by atoms with van der Waals surface area (Å²) in [5.74, 6) is 0. The van der Waals surface area contributed by atoms with Crippen molar-refractivity contribution in [3.8, 4) is 0 Å². The summed E-state index contributed by atoms with van der Waals surface area (Å²) in [4.78, 5) is 2.54. The fourth-order valence-electron chi connectivity index (χ4n) is 2.40. The van der Waals surface area contributed by atoms with Gasteiger partial charge in [0.15, 0.2) is 0 Å². The molecule has 1 aliphatic rings. The molecule has 0 unspecified atom stereocenters. The maximum Gasteiger partial charge on any atom is 0.0593 e. The van der Waals surface area contributed by atoms with Crippen LogP contribution >= 0.6 is 0 Å². The van der Waals surface area contributed by atoms with E-state index in [1.54, 1.807) is 0 Å². The van der Waals surface area contributed by atoms with Gasteiger partial charge in [-0.25, -0.2) is 0 Å². The average Bonchev–Trinajstić information content (AvgIpc) is 2.35. The molecule has 1 fully saturated rings. The monoisotopic (exact) mass is 228 g/mol. The summed E-state index contributed by atoms with van der Waals surface area (Å²) in [5.41, 5.74) is 0.350. The Morgan fingerprint density at radius 1 is 1.19 bits per heavy atom. The van der Waals surface area contributed by atoms with Gasteiger partial charge in [0, 0.05) is 38.3 Å². The normalized spacial score (nSPS) is 21.2. The number of hydrogen-bond donors (Lipinski definition) is 1. The Kier molecular flexibility index (Phi) is 6.32. The van der Waals surface area contributed by atoms with Crippen molar-refractivity contribution in [2.75, 3.05) is 39.4 Å². The maximum absolute atomic E-state index is 5.56. The quantitative estimate of drug-likeness (QED) is 0.673. The smallest absolute Gasteiger partial charge is 0.0593 e. The van der Waals surface area contributed by atoms with Crippen LogP contribution in [0, 0.1) is 0 Å². The molecule has 0 amide bonds. The molecule has 96 valence electrons. The number of nitrogens with one attached hydrogen (secondary N) is 1. The highest BCUT2D eigenvalue weighted by atomic mass is 16.5. The van der Waals surface area contributed by atoms with E-state index < -0.39 is 0 Å². The molecule has 3 heteroatoms. The first-order chi connectivity index (χ1) is 7.76. The van der Waals surface area contributed by atoms with Crippen LogP contribution in [0.25, 0.3) is 0 Å². The molecule has 0 atom stereocenters. The Morgan fingerprint density at radius 2 is 1.94 bits per heavy atom. The zero-order valence-corrected chi connectivity index (χ0v) is 11.2. The number of piperazine rings is 1. The Bertz CT molecular complexity index is 181. The SMILES string of the molecule is CCCOCCN1CCNC(CC)(CC)C1. The van der Waals surface area contributed by atoms with Gasteiger partial charge >= 0.3 is 0 Å². The summed E-state index contributed by atoms with van der Waals surface area (Å²) in [6.07, 6.45) is 3.56. The van der Waals surface area contributed by atoms with Crippen molar-refractivity contribution >= 4 is 0 Å². The second kappa shape index (κ2) is 7.25. The van der Waals surface area contributed by atoms with Crippen LogP contribution in [0.4, 0.5) is 0 Å². The second-order valence-corrected chi connectivity index (χ2v) is 4.80. The molecule has 0 bridgehead atoms. The molecular weight excluding hydrogens is 200 g/mol. The predicted octanol–water partition coefficient (Wildman–Crippen LogP) is 1.88. The van der Waals surface area contributed by atoms with Gasteiger partial charge in [-0.2, -0.15) is 0 Å². The summed E-state index contributed by atoms with van der Waals surface area (Å²) >= 11 is 0. The highest BCUT2D eigenvalue weighted by Gasteiger charge is 2.31. The van der Waals surface area contributed by atoms with E-state index in [2.05, 4.69) is 31.0 Å². The molecule has 0 spiro atoms. The van der Waals surface area contributed by atoms with Crippen molar-refractivity contribution in [3.63, 3.8) is 0 Å². The fourth-order valence-corrected chi connectivity index (χ4v) is 2.40. The van der Waals surface area contributed by atoms with Crippen molar-refractivity contribution < 1.29 is 4.74 Å². The zero-order chi connectivity index (χ0) is 11.9. The van der Waals surface area contributed by atoms with E-state index in [4.69, 9.17) is 4.74 Å². The fraction of sp³-hybridized carbons (Fsp3) is 1.00. The minimum Gasteiger partial charge on any atom is -0.380 e. The van der Waals surface area contributed by atoms with E-state index >= 15 is 0 Å². The second-order valence-electron chi connectivity index (χ2n) is 4.80. The van der Waals surface area contributed by atoms with E-state index in [1.807, 2.05) is 0 Å². The van der Waals surface area contributed by atoms with Gasteiger partial charge in [0.05, 0.1) is 6.61 Å². The highest BCUT2D eigenvalue weighted by molar-refractivity contribution is 4.92. The van der Waals surface area contributed by atoms with Crippen molar-refractivity contribution in [1.82, 2.24) is 10.2 Å². The molecular formula is C13H28N2O. The van der Waals surface area contributed by atoms with Gasteiger partial charge in [-0.05, 0) is 19.3 Å². The molecule has 16 heavy (non-hydrogen) atoms. The van der Waals surface area contributed by atoms with E-state index in [1.165, 1.54) is 19.4 Å². The van der Waals surface area contributed by atoms with Crippen LogP contribution in [0.1, 0.15) is 40.0 Å². The van der Waals surface area contributed by atoms with Crippen LogP contribution in [0.3, 0.4) is 0 Å². The molecule has 0 radical (unpaired) electrons. The van der Waals surface area contributed by atoms with Gasteiger partial charge in [-0.1, -0.05) is 20.8 Å². The van der Waals surface area contributed by atoms with Crippen molar-refractivity contribution in [2.45, 2.75) is 45.6 Å². The van der Waals surface area contributed by atoms with Crippen LogP contribution in [0.5, 0.6) is 0 Å². The maximum atomic E-state index is 5.56. The van der Waals surface area contributed by atoms with Gasteiger partial charge in [0.25, 0.3) is 0 Å². The molecule has 1 rings (SSSR count). The highest BCUT2D eigenvalue weighted by Crippen LogP contribution is 2.19. The van der Waals surface area contributed by atoms with Crippen LogP contribution in [-0.4, -0.2) is 49.8 Å². The van der Waals surface area contributed by atoms with Gasteiger partial charge in [-0.3, -0.25) is 4.90 Å². The van der Waals surface area contributed by atoms with Gasteiger partial charge in [0.2, 0.25) is 0 Å².